The number of hydrogen-bond acceptors (Lipinski definition) is 7. The Kier molecular flexibility index (Phi) is 5.46. The summed E-state index contributed by atoms with van der Waals surface area (Å²) in [5, 5.41) is 22.2. The van der Waals surface area contributed by atoms with Gasteiger partial charge in [-0.2, -0.15) is 0 Å². The number of aliphatic hydroxyl groups is 1. The largest absolute Gasteiger partial charge is 0.507 e. The molecule has 1 aliphatic rings. The van der Waals surface area contributed by atoms with Crippen molar-refractivity contribution >= 4 is 23.1 Å². The first kappa shape index (κ1) is 20.9. The number of furan rings is 1. The summed E-state index contributed by atoms with van der Waals surface area (Å²) >= 11 is 0. The number of hydrogen-bond donors (Lipinski definition) is 1. The number of benzene rings is 2. The van der Waals surface area contributed by atoms with Gasteiger partial charge in [0.1, 0.15) is 17.3 Å². The molecule has 0 bridgehead atoms. The first-order valence-corrected chi connectivity index (χ1v) is 9.61. The molecule has 2 aromatic carbocycles. The maximum atomic E-state index is 13.0. The van der Waals surface area contributed by atoms with Crippen molar-refractivity contribution in [3.8, 4) is 5.75 Å². The van der Waals surface area contributed by atoms with E-state index in [-0.39, 0.29) is 23.4 Å². The van der Waals surface area contributed by atoms with Gasteiger partial charge >= 0.3 is 0 Å². The molecule has 0 radical (unpaired) electrons. The van der Waals surface area contributed by atoms with E-state index in [1.807, 2.05) is 0 Å². The summed E-state index contributed by atoms with van der Waals surface area (Å²) in [7, 11) is 1.46. The Morgan fingerprint density at radius 1 is 1.16 bits per heavy atom. The van der Waals surface area contributed by atoms with Gasteiger partial charge in [0.25, 0.3) is 17.4 Å². The molecule has 32 heavy (non-hydrogen) atoms. The first-order chi connectivity index (χ1) is 15.4. The summed E-state index contributed by atoms with van der Waals surface area (Å²) in [6.07, 6.45) is 1.45. The highest BCUT2D eigenvalue weighted by Gasteiger charge is 2.47. The van der Waals surface area contributed by atoms with Gasteiger partial charge < -0.3 is 19.2 Å². The molecule has 1 amide bonds. The molecule has 0 aliphatic carbocycles. The standard InChI is InChI=1S/C23H18N2O7/c1-31-18-10-3-2-9-17(18)20-19(21(26)14-6-4-7-15(12-14)25(29)30)22(27)23(28)24(20)13-16-8-5-11-32-16/h2-12,20,26H,13H2,1H3/b21-19+/t20-/m0/s1. The van der Waals surface area contributed by atoms with Crippen LogP contribution in [0.4, 0.5) is 5.69 Å². The van der Waals surface area contributed by atoms with Crippen molar-refractivity contribution in [2.45, 2.75) is 12.6 Å². The van der Waals surface area contributed by atoms with Crippen molar-refractivity contribution in [1.29, 1.82) is 0 Å². The van der Waals surface area contributed by atoms with E-state index >= 15 is 0 Å². The Bertz CT molecular complexity index is 1230. The number of aliphatic hydroxyl groups excluding tert-OH is 1. The van der Waals surface area contributed by atoms with Crippen LogP contribution in [0.15, 0.2) is 76.9 Å². The number of nitro groups is 1. The summed E-state index contributed by atoms with van der Waals surface area (Å²) < 4.78 is 10.8. The zero-order valence-electron chi connectivity index (χ0n) is 16.9. The molecule has 3 aromatic rings. The van der Waals surface area contributed by atoms with Gasteiger partial charge in [-0.15, -0.1) is 0 Å². The third kappa shape index (κ3) is 3.60. The molecule has 9 nitrogen and oxygen atoms in total. The smallest absolute Gasteiger partial charge is 0.296 e. The number of nitro benzene ring substituents is 1. The normalized spacial score (nSPS) is 17.5. The number of methoxy groups -OCH3 is 1. The highest BCUT2D eigenvalue weighted by atomic mass is 16.6. The minimum absolute atomic E-state index is 0.0218. The molecule has 1 saturated heterocycles. The second-order valence-electron chi connectivity index (χ2n) is 7.06. The van der Waals surface area contributed by atoms with Crippen LogP contribution >= 0.6 is 0 Å². The summed E-state index contributed by atoms with van der Waals surface area (Å²) in [5.74, 6) is -1.39. The Balaban J connectivity index is 1.92. The van der Waals surface area contributed by atoms with E-state index in [1.54, 1.807) is 36.4 Å². The highest BCUT2D eigenvalue weighted by Crippen LogP contribution is 2.43. The number of ketones is 1. The van der Waals surface area contributed by atoms with Crippen LogP contribution in [0.25, 0.3) is 5.76 Å². The predicted molar refractivity (Wildman–Crippen MR) is 113 cm³/mol. The van der Waals surface area contributed by atoms with Crippen LogP contribution < -0.4 is 4.74 Å². The minimum atomic E-state index is -0.990. The molecular weight excluding hydrogens is 416 g/mol. The summed E-state index contributed by atoms with van der Waals surface area (Å²) in [6, 6.07) is 14.4. The van der Waals surface area contributed by atoms with Crippen molar-refractivity contribution in [2.24, 2.45) is 0 Å². The van der Waals surface area contributed by atoms with Crippen LogP contribution in [0.3, 0.4) is 0 Å². The lowest BCUT2D eigenvalue weighted by atomic mass is 9.94. The molecule has 0 spiro atoms. The summed E-state index contributed by atoms with van der Waals surface area (Å²) in [5.41, 5.74) is 0.0853. The van der Waals surface area contributed by atoms with Gasteiger partial charge in [0, 0.05) is 23.3 Å². The van der Waals surface area contributed by atoms with Crippen molar-refractivity contribution in [3.05, 3.63) is 99.5 Å². The van der Waals surface area contributed by atoms with Crippen molar-refractivity contribution in [2.75, 3.05) is 7.11 Å². The average molecular weight is 434 g/mol. The van der Waals surface area contributed by atoms with E-state index in [0.717, 1.165) is 6.07 Å². The highest BCUT2D eigenvalue weighted by molar-refractivity contribution is 6.46. The number of rotatable bonds is 6. The van der Waals surface area contributed by atoms with Crippen molar-refractivity contribution < 1.29 is 28.8 Å². The number of carbonyl (C=O) groups is 2. The number of likely N-dealkylation sites (tertiary alicyclic amines) is 1. The topological polar surface area (TPSA) is 123 Å². The number of nitrogens with zero attached hydrogens (tertiary/aromatic N) is 2. The Morgan fingerprint density at radius 3 is 2.62 bits per heavy atom. The molecule has 0 unspecified atom stereocenters. The van der Waals surface area contributed by atoms with Gasteiger partial charge in [-0.3, -0.25) is 19.7 Å². The van der Waals surface area contributed by atoms with E-state index in [4.69, 9.17) is 9.15 Å². The van der Waals surface area contributed by atoms with Crippen LogP contribution in [0.2, 0.25) is 0 Å². The van der Waals surface area contributed by atoms with Gasteiger partial charge in [-0.25, -0.2) is 0 Å². The Labute approximate surface area is 182 Å². The zero-order chi connectivity index (χ0) is 22.8. The third-order valence-corrected chi connectivity index (χ3v) is 5.21. The molecule has 1 aliphatic heterocycles. The van der Waals surface area contributed by atoms with Gasteiger partial charge in [-0.05, 0) is 18.2 Å². The van der Waals surface area contributed by atoms with E-state index in [9.17, 15) is 24.8 Å². The molecule has 1 fully saturated rings. The monoisotopic (exact) mass is 434 g/mol. The second-order valence-corrected chi connectivity index (χ2v) is 7.06. The number of carbonyl (C=O) groups excluding carboxylic acids is 2. The maximum absolute atomic E-state index is 13.0. The maximum Gasteiger partial charge on any atom is 0.296 e. The van der Waals surface area contributed by atoms with Gasteiger partial charge in [-0.1, -0.05) is 30.3 Å². The van der Waals surface area contributed by atoms with Crippen LogP contribution in [-0.2, 0) is 16.1 Å². The fourth-order valence-electron chi connectivity index (χ4n) is 3.75. The summed E-state index contributed by atoms with van der Waals surface area (Å²) in [6.45, 7) is -0.0218. The third-order valence-electron chi connectivity index (χ3n) is 5.21. The minimum Gasteiger partial charge on any atom is -0.507 e. The van der Waals surface area contributed by atoms with E-state index in [2.05, 4.69) is 0 Å². The number of ether oxygens (including phenoxy) is 1. The first-order valence-electron chi connectivity index (χ1n) is 9.61. The predicted octanol–water partition coefficient (Wildman–Crippen LogP) is 3.82. The lowest BCUT2D eigenvalue weighted by molar-refractivity contribution is -0.384. The SMILES string of the molecule is COc1ccccc1[C@H]1/C(=C(\O)c2cccc([N+](=O)[O-])c2)C(=O)C(=O)N1Cc1ccco1. The van der Waals surface area contributed by atoms with E-state index < -0.39 is 28.4 Å². The number of amides is 1. The number of Topliss-reactive ketones (excluding diaryl/α,β-unsaturated/α-hetero) is 1. The number of para-hydroxylation sites is 1. The molecule has 1 atom stereocenters. The second kappa shape index (κ2) is 8.38. The molecule has 9 heteroatoms. The quantitative estimate of drug-likeness (QED) is 0.206. The zero-order valence-corrected chi connectivity index (χ0v) is 16.9. The molecular formula is C23H18N2O7. The van der Waals surface area contributed by atoms with Crippen LogP contribution in [0.1, 0.15) is 22.9 Å². The van der Waals surface area contributed by atoms with E-state index in [1.165, 1.54) is 36.5 Å². The van der Waals surface area contributed by atoms with Crippen molar-refractivity contribution in [3.63, 3.8) is 0 Å². The van der Waals surface area contributed by atoms with E-state index in [0.29, 0.717) is 17.1 Å². The van der Waals surface area contributed by atoms with Crippen LogP contribution in [0, 0.1) is 10.1 Å². The van der Waals surface area contributed by atoms with Gasteiger partial charge in [0.2, 0.25) is 0 Å². The Morgan fingerprint density at radius 2 is 1.94 bits per heavy atom. The number of non-ortho nitro benzene ring substituents is 1. The summed E-state index contributed by atoms with van der Waals surface area (Å²) in [4.78, 5) is 37.9. The average Bonchev–Trinajstić information content (AvgIpc) is 3.41. The fraction of sp³-hybridized carbons (Fsp3) is 0.130. The Hall–Kier alpha value is -4.40. The molecule has 1 aromatic heterocycles. The molecule has 4 rings (SSSR count). The lowest BCUT2D eigenvalue weighted by Crippen LogP contribution is -2.29. The fourth-order valence-corrected chi connectivity index (χ4v) is 3.75. The van der Waals surface area contributed by atoms with Gasteiger partial charge in [0.15, 0.2) is 0 Å². The molecule has 0 saturated carbocycles. The van der Waals surface area contributed by atoms with Crippen LogP contribution in [0.5, 0.6) is 5.75 Å². The van der Waals surface area contributed by atoms with Crippen molar-refractivity contribution in [1.82, 2.24) is 4.90 Å². The molecule has 2 heterocycles. The molecule has 1 N–H and O–H groups in total. The lowest BCUT2D eigenvalue weighted by Gasteiger charge is -2.25. The van der Waals surface area contributed by atoms with Gasteiger partial charge in [0.05, 0.1) is 36.5 Å². The molecule has 162 valence electrons. The van der Waals surface area contributed by atoms with Crippen LogP contribution in [-0.4, -0.2) is 33.7 Å².